The third-order valence-electron chi connectivity index (χ3n) is 11.2. The number of ketones is 1. The van der Waals surface area contributed by atoms with Gasteiger partial charge >= 0.3 is 5.97 Å². The van der Waals surface area contributed by atoms with Gasteiger partial charge in [0, 0.05) is 12.8 Å². The van der Waals surface area contributed by atoms with Crippen molar-refractivity contribution < 1.29 is 14.7 Å². The number of fused-ring (bicyclic) bond motifs is 3. The van der Waals surface area contributed by atoms with Crippen LogP contribution in [0.15, 0.2) is 0 Å². The predicted molar refractivity (Wildman–Crippen MR) is 136 cm³/mol. The SMILES string of the molecule is CC(=O)CCC1(C)C(C)CC(CC(=O)O)C2C1CCC1(C)C(C(C)CCCC(C)C)CCC21. The topological polar surface area (TPSA) is 54.4 Å². The maximum absolute atomic E-state index is 11.9. The lowest BCUT2D eigenvalue weighted by Gasteiger charge is -2.61. The van der Waals surface area contributed by atoms with Crippen molar-refractivity contribution in [2.75, 3.05) is 0 Å². The number of hydrogen-bond acceptors (Lipinski definition) is 2. The van der Waals surface area contributed by atoms with Gasteiger partial charge < -0.3 is 9.90 Å². The van der Waals surface area contributed by atoms with Gasteiger partial charge in [-0.15, -0.1) is 0 Å². The minimum absolute atomic E-state index is 0.160. The normalized spacial score (nSPS) is 41.5. The lowest BCUT2D eigenvalue weighted by Crippen LogP contribution is -2.55. The maximum atomic E-state index is 11.9. The molecule has 3 rings (SSSR count). The summed E-state index contributed by atoms with van der Waals surface area (Å²) in [4.78, 5) is 23.8. The molecule has 3 aliphatic carbocycles. The summed E-state index contributed by atoms with van der Waals surface area (Å²) in [5, 5.41) is 9.79. The first-order valence-electron chi connectivity index (χ1n) is 14.1. The third kappa shape index (κ3) is 5.37. The van der Waals surface area contributed by atoms with Gasteiger partial charge in [0.25, 0.3) is 0 Å². The Hall–Kier alpha value is -0.860. The molecule has 190 valence electrons. The fourth-order valence-electron chi connectivity index (χ4n) is 9.21. The molecule has 0 aromatic heterocycles. The molecule has 3 saturated carbocycles. The summed E-state index contributed by atoms with van der Waals surface area (Å²) in [5.74, 6) is 4.52. The highest BCUT2D eigenvalue weighted by molar-refractivity contribution is 5.75. The number of carbonyl (C=O) groups is 2. The molecule has 0 aromatic carbocycles. The monoisotopic (exact) mass is 460 g/mol. The Bertz CT molecular complexity index is 699. The van der Waals surface area contributed by atoms with Gasteiger partial charge in [-0.25, -0.2) is 0 Å². The van der Waals surface area contributed by atoms with Gasteiger partial charge in [0.05, 0.1) is 0 Å². The van der Waals surface area contributed by atoms with Gasteiger partial charge in [-0.1, -0.05) is 60.8 Å². The molecule has 3 heteroatoms. The quantitative estimate of drug-likeness (QED) is 0.359. The van der Waals surface area contributed by atoms with E-state index in [1.54, 1.807) is 6.92 Å². The Kier molecular flexibility index (Phi) is 8.43. The highest BCUT2D eigenvalue weighted by Crippen LogP contribution is 2.68. The van der Waals surface area contributed by atoms with Crippen LogP contribution >= 0.6 is 0 Å². The number of Topliss-reactive ketones (excluding diaryl/α,β-unsaturated/α-hetero) is 1. The highest BCUT2D eigenvalue weighted by Gasteiger charge is 2.61. The van der Waals surface area contributed by atoms with Crippen LogP contribution in [0.4, 0.5) is 0 Å². The standard InChI is InChI=1S/C30H52O3/c1-19(2)9-8-10-20(3)24-11-12-25-28-23(18-27(32)33)17-21(4)29(6,15-13-22(5)31)26(28)14-16-30(24,25)7/h19-21,23-26,28H,8-18H2,1-7H3,(H,32,33). The summed E-state index contributed by atoms with van der Waals surface area (Å²) < 4.78 is 0. The van der Waals surface area contributed by atoms with E-state index >= 15 is 0 Å². The number of rotatable bonds is 10. The van der Waals surface area contributed by atoms with Crippen LogP contribution in [-0.4, -0.2) is 16.9 Å². The minimum Gasteiger partial charge on any atom is -0.481 e. The van der Waals surface area contributed by atoms with Crippen molar-refractivity contribution in [3.63, 3.8) is 0 Å². The van der Waals surface area contributed by atoms with Crippen molar-refractivity contribution in [1.29, 1.82) is 0 Å². The summed E-state index contributed by atoms with van der Waals surface area (Å²) >= 11 is 0. The summed E-state index contributed by atoms with van der Waals surface area (Å²) in [6.07, 6.45) is 12.1. The molecule has 1 N–H and O–H groups in total. The molecule has 0 saturated heterocycles. The van der Waals surface area contributed by atoms with Crippen LogP contribution in [0.3, 0.4) is 0 Å². The van der Waals surface area contributed by atoms with Gasteiger partial charge in [0.1, 0.15) is 5.78 Å². The first-order valence-corrected chi connectivity index (χ1v) is 14.1. The first-order chi connectivity index (χ1) is 15.4. The molecule has 0 spiro atoms. The second kappa shape index (κ2) is 10.4. The molecule has 0 radical (unpaired) electrons. The van der Waals surface area contributed by atoms with Crippen molar-refractivity contribution in [2.45, 2.75) is 119 Å². The lowest BCUT2D eigenvalue weighted by molar-refractivity contribution is -0.151. The summed E-state index contributed by atoms with van der Waals surface area (Å²) in [7, 11) is 0. The smallest absolute Gasteiger partial charge is 0.303 e. The molecule has 0 bridgehead atoms. The zero-order valence-corrected chi connectivity index (χ0v) is 22.7. The number of carboxylic acids is 1. The number of aliphatic carboxylic acids is 1. The van der Waals surface area contributed by atoms with Gasteiger partial charge in [-0.3, -0.25) is 4.79 Å². The number of hydrogen-bond donors (Lipinski definition) is 1. The molecule has 9 unspecified atom stereocenters. The van der Waals surface area contributed by atoms with E-state index in [2.05, 4.69) is 41.5 Å². The zero-order valence-electron chi connectivity index (χ0n) is 22.7. The van der Waals surface area contributed by atoms with Crippen molar-refractivity contribution in [3.8, 4) is 0 Å². The van der Waals surface area contributed by atoms with Crippen molar-refractivity contribution in [3.05, 3.63) is 0 Å². The van der Waals surface area contributed by atoms with E-state index in [4.69, 9.17) is 0 Å². The second-order valence-corrected chi connectivity index (χ2v) is 13.5. The number of carbonyl (C=O) groups excluding carboxylic acids is 1. The summed E-state index contributed by atoms with van der Waals surface area (Å²) in [5.41, 5.74) is 0.519. The molecule has 0 amide bonds. The van der Waals surface area contributed by atoms with E-state index in [-0.39, 0.29) is 5.41 Å². The summed E-state index contributed by atoms with van der Waals surface area (Å²) in [6, 6.07) is 0. The van der Waals surface area contributed by atoms with Gasteiger partial charge in [-0.05, 0) is 104 Å². The lowest BCUT2D eigenvalue weighted by atomic mass is 9.43. The molecule has 33 heavy (non-hydrogen) atoms. The van der Waals surface area contributed by atoms with Crippen LogP contribution in [0.5, 0.6) is 0 Å². The Morgan fingerprint density at radius 2 is 1.73 bits per heavy atom. The van der Waals surface area contributed by atoms with Gasteiger partial charge in [0.15, 0.2) is 0 Å². The molecule has 0 aliphatic heterocycles. The summed E-state index contributed by atoms with van der Waals surface area (Å²) in [6.45, 7) is 16.2. The van der Waals surface area contributed by atoms with E-state index in [0.29, 0.717) is 53.6 Å². The fourth-order valence-corrected chi connectivity index (χ4v) is 9.21. The Morgan fingerprint density at radius 1 is 1.03 bits per heavy atom. The molecule has 3 nitrogen and oxygen atoms in total. The Balaban J connectivity index is 1.86. The van der Waals surface area contributed by atoms with Crippen LogP contribution in [0.1, 0.15) is 119 Å². The fraction of sp³-hybridized carbons (Fsp3) is 0.933. The molecule has 3 fully saturated rings. The van der Waals surface area contributed by atoms with E-state index in [9.17, 15) is 14.7 Å². The van der Waals surface area contributed by atoms with E-state index in [0.717, 1.165) is 30.6 Å². The first kappa shape index (κ1) is 26.7. The average Bonchev–Trinajstić information content (AvgIpc) is 3.06. The van der Waals surface area contributed by atoms with E-state index in [1.807, 2.05) is 0 Å². The maximum Gasteiger partial charge on any atom is 0.303 e. The van der Waals surface area contributed by atoms with Crippen LogP contribution in [0, 0.1) is 58.2 Å². The van der Waals surface area contributed by atoms with Crippen LogP contribution in [0.25, 0.3) is 0 Å². The van der Waals surface area contributed by atoms with E-state index < -0.39 is 5.97 Å². The predicted octanol–water partition coefficient (Wildman–Crippen LogP) is 8.01. The van der Waals surface area contributed by atoms with Crippen molar-refractivity contribution >= 4 is 11.8 Å². The molecule has 3 aliphatic rings. The van der Waals surface area contributed by atoms with E-state index in [1.165, 1.54) is 44.9 Å². The van der Waals surface area contributed by atoms with Crippen molar-refractivity contribution in [1.82, 2.24) is 0 Å². The number of carboxylic acid groups (broad SMARTS) is 1. The largest absolute Gasteiger partial charge is 0.481 e. The highest BCUT2D eigenvalue weighted by atomic mass is 16.4. The Morgan fingerprint density at radius 3 is 2.33 bits per heavy atom. The van der Waals surface area contributed by atoms with Crippen molar-refractivity contribution in [2.24, 2.45) is 58.2 Å². The van der Waals surface area contributed by atoms with Crippen LogP contribution in [0.2, 0.25) is 0 Å². The second-order valence-electron chi connectivity index (χ2n) is 13.5. The molecular formula is C30H52O3. The molecule has 0 heterocycles. The zero-order chi connectivity index (χ0) is 24.6. The van der Waals surface area contributed by atoms with Crippen LogP contribution < -0.4 is 0 Å². The molecular weight excluding hydrogens is 408 g/mol. The van der Waals surface area contributed by atoms with Crippen LogP contribution in [-0.2, 0) is 9.59 Å². The third-order valence-corrected chi connectivity index (χ3v) is 11.2. The minimum atomic E-state index is -0.623. The molecule has 0 aromatic rings. The van der Waals surface area contributed by atoms with Gasteiger partial charge in [-0.2, -0.15) is 0 Å². The van der Waals surface area contributed by atoms with Gasteiger partial charge in [0.2, 0.25) is 0 Å². The average molecular weight is 461 g/mol. The molecule has 9 atom stereocenters. The Labute approximate surface area is 203 Å².